The van der Waals surface area contributed by atoms with Crippen LogP contribution in [0.4, 0.5) is 47.7 Å². The molecule has 5 atom stereocenters. The lowest BCUT2D eigenvalue weighted by Gasteiger charge is -2.42. The second-order valence-electron chi connectivity index (χ2n) is 34.1. The first kappa shape index (κ1) is 91.6. The molecule has 2 bridgehead atoms. The number of fused-ring (bicyclic) bond motifs is 8. The molecule has 9 aromatic rings. The lowest BCUT2D eigenvalue weighted by atomic mass is 10.0. The zero-order valence-electron chi connectivity index (χ0n) is 72.2. The third-order valence-electron chi connectivity index (χ3n) is 26.7. The average molecular weight is 1780 g/mol. The fraction of sp³-hybridized carbons (Fsp3) is 0.495. The van der Waals surface area contributed by atoms with E-state index in [1.165, 1.54) is 96.0 Å². The van der Waals surface area contributed by atoms with Gasteiger partial charge in [-0.3, -0.25) is 29.5 Å². The van der Waals surface area contributed by atoms with Gasteiger partial charge in [0.05, 0.1) is 102 Å². The quantitative estimate of drug-likeness (QED) is 0.0499. The predicted molar refractivity (Wildman–Crippen MR) is 499 cm³/mol. The summed E-state index contributed by atoms with van der Waals surface area (Å²) in [5.74, 6) is 3.20. The molecule has 4 aromatic carbocycles. The summed E-state index contributed by atoms with van der Waals surface area (Å²) in [6, 6.07) is 26.3. The number of benzene rings is 4. The van der Waals surface area contributed by atoms with Gasteiger partial charge in [-0.05, 0) is 164 Å². The van der Waals surface area contributed by atoms with E-state index in [0.29, 0.717) is 139 Å². The molecule has 7 fully saturated rings. The highest BCUT2D eigenvalue weighted by Crippen LogP contribution is 2.45. The lowest BCUT2D eigenvalue weighted by molar-refractivity contribution is -0.137. The maximum Gasteiger partial charge on any atom is 0.418 e. The maximum atomic E-state index is 14.2. The molecule has 10 aliphatic rings. The molecule has 0 radical (unpaired) electrons. The number of aromatic amines is 2. The van der Waals surface area contributed by atoms with Gasteiger partial charge in [-0.2, -0.15) is 99.0 Å². The number of aryl methyl sites for hydroxylation is 1. The van der Waals surface area contributed by atoms with Gasteiger partial charge in [0.1, 0.15) is 30.7 Å². The minimum Gasteiger partial charge on any atom is -0.463 e. The van der Waals surface area contributed by atoms with Crippen molar-refractivity contribution in [2.45, 2.75) is 134 Å². The fourth-order valence-corrected chi connectivity index (χ4v) is 20.0. The number of hydrogen-bond donors (Lipinski definition) is 2. The number of carbonyl (C=O) groups is 3. The summed E-state index contributed by atoms with van der Waals surface area (Å²) in [6.45, 7) is 29.3. The summed E-state index contributed by atoms with van der Waals surface area (Å²) in [5.41, 5.74) is 10.5. The van der Waals surface area contributed by atoms with E-state index in [9.17, 15) is 32.8 Å². The monoisotopic (exact) mass is 1780 g/mol. The molecule has 2 N–H and O–H groups in total. The van der Waals surface area contributed by atoms with E-state index in [1.54, 1.807) is 14.7 Å². The Morgan fingerprint density at radius 1 is 0.532 bits per heavy atom. The molecule has 1 aliphatic carbocycles. The second-order valence-corrected chi connectivity index (χ2v) is 34.1. The van der Waals surface area contributed by atoms with Crippen LogP contribution >= 0.6 is 40.5 Å². The van der Waals surface area contributed by atoms with Gasteiger partial charge >= 0.3 is 24.2 Å². The largest absolute Gasteiger partial charge is 0.463 e. The van der Waals surface area contributed by atoms with Crippen LogP contribution in [-0.4, -0.2) is 273 Å². The van der Waals surface area contributed by atoms with Crippen LogP contribution in [-0.2, 0) is 59.5 Å². The SMILES string of the molecule is C=CC(=O)N1CCN(c2nc(OCCCN3C[C@H]4CC[C@@H]3C4)nc3c2CCN(c2cccc4ccccc24)C3)CC1CC#N.C=CC(=O)N1CCN(c2nc(OC[C@@H]3CCCN3C)nc3c2CCN(c2c(C(F)(F)F)ccc4[nH]ncc24)C3)CC1.C=CC(=O)N1CCN(c2nc(OC[C@@H]3CCCN3C)nc3c2CCN(c2c(C)ccc4[nH]ncc24)C3)CC1.S.S.S. The number of piperidine rings is 1. The van der Waals surface area contributed by atoms with Crippen LogP contribution in [0.1, 0.15) is 103 Å². The van der Waals surface area contributed by atoms with Crippen LogP contribution in [0.25, 0.3) is 32.6 Å². The topological polar surface area (TPSA) is 276 Å². The van der Waals surface area contributed by atoms with Gasteiger partial charge in [0.15, 0.2) is 0 Å². The minimum absolute atomic E-state index is 0. The zero-order chi connectivity index (χ0) is 85.0. The Labute approximate surface area is 754 Å². The number of likely N-dealkylation sites (tertiary alicyclic amines) is 3. The number of alkyl halides is 3. The molecule has 29 nitrogen and oxygen atoms in total. The number of nitriles is 1. The number of nitrogens with one attached hydrogen (secondary N) is 2. The van der Waals surface area contributed by atoms with E-state index in [-0.39, 0.29) is 95.0 Å². The number of piperazine rings is 3. The molecular weight excluding hydrogens is 1660 g/mol. The van der Waals surface area contributed by atoms with Crippen molar-refractivity contribution < 1.29 is 41.8 Å². The average Bonchev–Trinajstić information content (AvgIpc) is 0.976. The maximum absolute atomic E-state index is 14.2. The number of ether oxygens (including phenoxy) is 3. The number of carbonyl (C=O) groups excluding carboxylic acids is 3. The van der Waals surface area contributed by atoms with Gasteiger partial charge < -0.3 is 68.1 Å². The molecule has 1 saturated carbocycles. The van der Waals surface area contributed by atoms with Crippen molar-refractivity contribution in [3.63, 3.8) is 0 Å². The van der Waals surface area contributed by atoms with Crippen LogP contribution in [0.2, 0.25) is 0 Å². The van der Waals surface area contributed by atoms with Crippen LogP contribution in [0, 0.1) is 24.2 Å². The highest BCUT2D eigenvalue weighted by atomic mass is 32.1. The molecule has 14 heterocycles. The van der Waals surface area contributed by atoms with Crippen LogP contribution in [0.3, 0.4) is 0 Å². The summed E-state index contributed by atoms with van der Waals surface area (Å²) in [7, 11) is 4.22. The summed E-state index contributed by atoms with van der Waals surface area (Å²) in [6.07, 6.45) is 14.8. The van der Waals surface area contributed by atoms with Crippen molar-refractivity contribution in [1.82, 2.24) is 79.7 Å². The smallest absolute Gasteiger partial charge is 0.418 e. The van der Waals surface area contributed by atoms with Crippen molar-refractivity contribution in [2.75, 3.05) is 181 Å². The van der Waals surface area contributed by atoms with Crippen molar-refractivity contribution in [2.24, 2.45) is 5.92 Å². The highest BCUT2D eigenvalue weighted by molar-refractivity contribution is 7.59. The number of anilines is 6. The number of H-pyrrole nitrogens is 2. The number of aromatic nitrogens is 10. The number of amides is 3. The Balaban J connectivity index is 0.000000152. The summed E-state index contributed by atoms with van der Waals surface area (Å²) in [4.78, 5) is 92.1. The number of halogens is 3. The Morgan fingerprint density at radius 3 is 1.56 bits per heavy atom. The first-order valence-corrected chi connectivity index (χ1v) is 43.6. The van der Waals surface area contributed by atoms with E-state index >= 15 is 0 Å². The van der Waals surface area contributed by atoms with E-state index < -0.39 is 11.7 Å². The van der Waals surface area contributed by atoms with E-state index in [2.05, 4.69) is 161 Å². The van der Waals surface area contributed by atoms with Crippen LogP contribution in [0.15, 0.2) is 117 Å². The molecule has 126 heavy (non-hydrogen) atoms. The molecular formula is C91H116F3N23O6S3. The van der Waals surface area contributed by atoms with Gasteiger partial charge in [-0.15, -0.1) is 0 Å². The summed E-state index contributed by atoms with van der Waals surface area (Å²) >= 11 is 0. The molecule has 5 aromatic heterocycles. The zero-order valence-corrected chi connectivity index (χ0v) is 75.2. The Morgan fingerprint density at radius 2 is 1.04 bits per heavy atom. The molecule has 1 unspecified atom stereocenters. The van der Waals surface area contributed by atoms with Crippen molar-refractivity contribution in [3.8, 4) is 24.1 Å². The lowest BCUT2D eigenvalue weighted by Crippen LogP contribution is -2.55. The van der Waals surface area contributed by atoms with Crippen LogP contribution < -0.4 is 43.6 Å². The first-order chi connectivity index (χ1) is 59.8. The molecule has 19 rings (SSSR count). The molecule has 3 amide bonds. The Hall–Kier alpha value is -10.6. The standard InChI is InChI=1S/C35H41N7O2.C28H33F3N8O2.C28H36N8O2.3H2S/c1-2-33(43)42-19-18-41(23-28(42)13-15-36)34-30-14-17-40(32-10-5-8-26-7-3-4-9-29(26)32)24-31(30)37-35(38-34)44-20-6-16-39-22-25-11-12-27(39)21-25;1-3-24(40)37-11-13-38(14-12-37)26-19-8-10-39(25-20-15-32-35-22(20)7-6-21(25)28(29,30)31)16-23(19)33-27(34-26)41-17-18-5-4-9-36(18)2;1-4-25(37)34-12-14-35(15-13-34)27-21-9-11-36(26-19(2)7-8-23-22(26)16-29-32-23)17-24(21)30-28(31-27)38-18-20-6-5-10-33(20)3;;;/h2-5,7-10,25,27-28H,1,6,11-14,16-24H2;3,6-7,15,18H,1,4-5,8-14,16-17H2,2H3,(H,32,35);4,7-8,16,20H,1,5-6,9-15,17-18H2,2-3H3,(H,29,32);3*1H2/t25-,27+,28?;18-;20-;;;/m000.../s1. The summed E-state index contributed by atoms with van der Waals surface area (Å²) < 4.78 is 61.1. The number of hydrogen-bond acceptors (Lipinski definition) is 24. The number of nitrogens with zero attached hydrogens (tertiary/aromatic N) is 21. The third kappa shape index (κ3) is 19.7. The summed E-state index contributed by atoms with van der Waals surface area (Å²) in [5, 5.41) is 27.7. The minimum atomic E-state index is -4.53. The molecule has 670 valence electrons. The second kappa shape index (κ2) is 40.6. The van der Waals surface area contributed by atoms with Gasteiger partial charge in [0, 0.05) is 161 Å². The normalized spacial score (nSPS) is 20.6. The van der Waals surface area contributed by atoms with Crippen molar-refractivity contribution in [1.29, 1.82) is 5.26 Å². The van der Waals surface area contributed by atoms with Gasteiger partial charge in [0.2, 0.25) is 17.7 Å². The van der Waals surface area contributed by atoms with Crippen molar-refractivity contribution >= 4 is 125 Å². The van der Waals surface area contributed by atoms with Gasteiger partial charge in [-0.25, -0.2) is 0 Å². The van der Waals surface area contributed by atoms with E-state index in [1.807, 2.05) is 11.1 Å². The number of likely N-dealkylation sites (N-methyl/N-ethyl adjacent to an activating group) is 2. The van der Waals surface area contributed by atoms with Gasteiger partial charge in [0.25, 0.3) is 0 Å². The molecule has 9 aliphatic heterocycles. The highest BCUT2D eigenvalue weighted by Gasteiger charge is 2.41. The first-order valence-electron chi connectivity index (χ1n) is 43.6. The van der Waals surface area contributed by atoms with E-state index in [4.69, 9.17) is 44.1 Å². The number of rotatable bonds is 21. The van der Waals surface area contributed by atoms with E-state index in [0.717, 1.165) is 153 Å². The Bertz CT molecular complexity index is 5440. The predicted octanol–water partition coefficient (Wildman–Crippen LogP) is 10.7. The van der Waals surface area contributed by atoms with Gasteiger partial charge in [-0.1, -0.05) is 62.2 Å². The molecule has 0 spiro atoms. The third-order valence-corrected chi connectivity index (χ3v) is 26.7. The Kier molecular flexibility index (Phi) is 29.5. The molecule has 6 saturated heterocycles. The van der Waals surface area contributed by atoms with Crippen molar-refractivity contribution in [3.05, 3.63) is 162 Å². The fourth-order valence-electron chi connectivity index (χ4n) is 20.0. The van der Waals surface area contributed by atoms with Crippen LogP contribution in [0.5, 0.6) is 18.0 Å². The molecule has 35 heteroatoms.